The Morgan fingerprint density at radius 3 is 2.72 bits per heavy atom. The Labute approximate surface area is 109 Å². The molecule has 2 rings (SSSR count). The molecule has 1 aromatic rings. The quantitative estimate of drug-likeness (QED) is 0.892. The topological polar surface area (TPSA) is 30.5 Å². The van der Waals surface area contributed by atoms with Gasteiger partial charge < -0.3 is 14.8 Å². The molecule has 1 aromatic carbocycles. The number of rotatable bonds is 3. The fraction of sp³-hybridized carbons (Fsp3) is 0.600. The molecule has 0 bridgehead atoms. The number of nitrogens with one attached hydrogen (secondary N) is 1. The van der Waals surface area contributed by atoms with Gasteiger partial charge in [-0.05, 0) is 51.0 Å². The molecule has 0 saturated carbocycles. The van der Waals surface area contributed by atoms with E-state index in [4.69, 9.17) is 9.47 Å². The molecule has 0 spiro atoms. The van der Waals surface area contributed by atoms with Gasteiger partial charge in [-0.15, -0.1) is 0 Å². The van der Waals surface area contributed by atoms with Crippen LogP contribution in [0.2, 0.25) is 0 Å². The molecule has 0 amide bonds. The predicted octanol–water partition coefficient (Wildman–Crippen LogP) is 2.45. The lowest BCUT2D eigenvalue weighted by atomic mass is 10.1. The highest BCUT2D eigenvalue weighted by atomic mass is 16.5. The first-order valence-corrected chi connectivity index (χ1v) is 6.53. The first-order valence-electron chi connectivity index (χ1n) is 6.53. The van der Waals surface area contributed by atoms with Crippen molar-refractivity contribution in [3.8, 4) is 5.75 Å². The van der Waals surface area contributed by atoms with E-state index in [1.165, 1.54) is 11.1 Å². The van der Waals surface area contributed by atoms with Gasteiger partial charge >= 0.3 is 0 Å². The summed E-state index contributed by atoms with van der Waals surface area (Å²) in [6.45, 7) is 10.7. The molecule has 1 atom stereocenters. The molecule has 1 heterocycles. The maximum absolute atomic E-state index is 5.78. The second-order valence-electron chi connectivity index (χ2n) is 5.75. The summed E-state index contributed by atoms with van der Waals surface area (Å²) in [7, 11) is 0. The lowest BCUT2D eigenvalue weighted by Crippen LogP contribution is -2.54. The highest BCUT2D eigenvalue weighted by molar-refractivity contribution is 5.33. The number of benzene rings is 1. The molecule has 0 aromatic heterocycles. The van der Waals surface area contributed by atoms with Gasteiger partial charge in [0, 0.05) is 12.1 Å². The Hall–Kier alpha value is -1.06. The minimum absolute atomic E-state index is 0.0803. The van der Waals surface area contributed by atoms with Crippen LogP contribution in [0.25, 0.3) is 0 Å². The zero-order valence-corrected chi connectivity index (χ0v) is 11.7. The van der Waals surface area contributed by atoms with Gasteiger partial charge in [0.2, 0.25) is 0 Å². The molecule has 1 N–H and O–H groups in total. The van der Waals surface area contributed by atoms with Gasteiger partial charge in [0.25, 0.3) is 0 Å². The summed E-state index contributed by atoms with van der Waals surface area (Å²) < 4.78 is 11.6. The van der Waals surface area contributed by atoms with E-state index in [0.717, 1.165) is 18.9 Å². The Morgan fingerprint density at radius 2 is 2.11 bits per heavy atom. The average Bonchev–Trinajstić information content (AvgIpc) is 2.32. The van der Waals surface area contributed by atoms with Gasteiger partial charge in [0.15, 0.2) is 0 Å². The van der Waals surface area contributed by atoms with E-state index < -0.39 is 0 Å². The van der Waals surface area contributed by atoms with Crippen molar-refractivity contribution in [3.63, 3.8) is 0 Å². The van der Waals surface area contributed by atoms with Crippen molar-refractivity contribution in [2.45, 2.75) is 39.3 Å². The average molecular weight is 249 g/mol. The van der Waals surface area contributed by atoms with Gasteiger partial charge in [-0.2, -0.15) is 0 Å². The van der Waals surface area contributed by atoms with Crippen LogP contribution in [0.3, 0.4) is 0 Å². The van der Waals surface area contributed by atoms with Gasteiger partial charge in [0.1, 0.15) is 18.5 Å². The lowest BCUT2D eigenvalue weighted by Gasteiger charge is -2.35. The summed E-state index contributed by atoms with van der Waals surface area (Å²) in [5.74, 6) is 0.923. The summed E-state index contributed by atoms with van der Waals surface area (Å²) in [6, 6.07) is 6.19. The van der Waals surface area contributed by atoms with Crippen LogP contribution in [0.5, 0.6) is 5.75 Å². The van der Waals surface area contributed by atoms with Crippen LogP contribution < -0.4 is 10.1 Å². The fourth-order valence-corrected chi connectivity index (χ4v) is 1.93. The standard InChI is InChI=1S/C15H23NO2/c1-11-5-6-13(7-12(11)2)17-9-14-8-16-15(3,4)10-18-14/h5-7,14,16H,8-10H2,1-4H3. The predicted molar refractivity (Wildman–Crippen MR) is 73.2 cm³/mol. The number of morpholine rings is 1. The Morgan fingerprint density at radius 1 is 1.33 bits per heavy atom. The summed E-state index contributed by atoms with van der Waals surface area (Å²) in [6.07, 6.45) is 0.139. The molecule has 3 heteroatoms. The molecular weight excluding hydrogens is 226 g/mol. The van der Waals surface area contributed by atoms with Crippen molar-refractivity contribution in [1.82, 2.24) is 5.32 Å². The lowest BCUT2D eigenvalue weighted by molar-refractivity contribution is -0.0412. The second-order valence-corrected chi connectivity index (χ2v) is 5.75. The van der Waals surface area contributed by atoms with E-state index in [1.54, 1.807) is 0 Å². The highest BCUT2D eigenvalue weighted by Crippen LogP contribution is 2.18. The zero-order chi connectivity index (χ0) is 13.2. The van der Waals surface area contributed by atoms with Crippen molar-refractivity contribution in [2.24, 2.45) is 0 Å². The van der Waals surface area contributed by atoms with E-state index in [2.05, 4.69) is 45.1 Å². The van der Waals surface area contributed by atoms with Crippen molar-refractivity contribution in [1.29, 1.82) is 0 Å². The summed E-state index contributed by atoms with van der Waals surface area (Å²) in [5.41, 5.74) is 2.63. The van der Waals surface area contributed by atoms with Crippen LogP contribution in [-0.2, 0) is 4.74 Å². The maximum Gasteiger partial charge on any atom is 0.119 e. The molecule has 18 heavy (non-hydrogen) atoms. The third-order valence-electron chi connectivity index (χ3n) is 3.40. The summed E-state index contributed by atoms with van der Waals surface area (Å²) >= 11 is 0. The van der Waals surface area contributed by atoms with Crippen LogP contribution in [0.15, 0.2) is 18.2 Å². The van der Waals surface area contributed by atoms with Crippen molar-refractivity contribution < 1.29 is 9.47 Å². The first kappa shape index (κ1) is 13.4. The molecule has 1 unspecified atom stereocenters. The van der Waals surface area contributed by atoms with E-state index in [-0.39, 0.29) is 11.6 Å². The number of hydrogen-bond acceptors (Lipinski definition) is 3. The van der Waals surface area contributed by atoms with Gasteiger partial charge in [-0.3, -0.25) is 0 Å². The van der Waals surface area contributed by atoms with Crippen LogP contribution in [0.4, 0.5) is 0 Å². The Kier molecular flexibility index (Phi) is 3.93. The van der Waals surface area contributed by atoms with Crippen LogP contribution in [-0.4, -0.2) is 31.4 Å². The third-order valence-corrected chi connectivity index (χ3v) is 3.40. The number of ether oxygens (including phenoxy) is 2. The largest absolute Gasteiger partial charge is 0.491 e. The fourth-order valence-electron chi connectivity index (χ4n) is 1.93. The van der Waals surface area contributed by atoms with Gasteiger partial charge in [-0.1, -0.05) is 6.07 Å². The molecule has 1 saturated heterocycles. The normalized spacial score (nSPS) is 22.8. The van der Waals surface area contributed by atoms with Crippen molar-refractivity contribution in [2.75, 3.05) is 19.8 Å². The van der Waals surface area contributed by atoms with E-state index >= 15 is 0 Å². The molecule has 1 aliphatic rings. The molecule has 3 nitrogen and oxygen atoms in total. The molecule has 0 aliphatic carbocycles. The highest BCUT2D eigenvalue weighted by Gasteiger charge is 2.26. The summed E-state index contributed by atoms with van der Waals surface area (Å²) in [4.78, 5) is 0. The summed E-state index contributed by atoms with van der Waals surface area (Å²) in [5, 5.41) is 3.46. The van der Waals surface area contributed by atoms with Crippen LogP contribution in [0.1, 0.15) is 25.0 Å². The SMILES string of the molecule is Cc1ccc(OCC2CNC(C)(C)CO2)cc1C. The van der Waals surface area contributed by atoms with E-state index in [9.17, 15) is 0 Å². The van der Waals surface area contributed by atoms with E-state index in [1.807, 2.05) is 6.07 Å². The zero-order valence-electron chi connectivity index (χ0n) is 11.7. The molecular formula is C15H23NO2. The van der Waals surface area contributed by atoms with Crippen molar-refractivity contribution in [3.05, 3.63) is 29.3 Å². The minimum Gasteiger partial charge on any atom is -0.491 e. The number of hydrogen-bond donors (Lipinski definition) is 1. The first-order chi connectivity index (χ1) is 8.46. The second kappa shape index (κ2) is 5.29. The van der Waals surface area contributed by atoms with Gasteiger partial charge in [0.05, 0.1) is 6.61 Å². The minimum atomic E-state index is 0.0803. The van der Waals surface area contributed by atoms with E-state index in [0.29, 0.717) is 6.61 Å². The Balaban J connectivity index is 1.83. The van der Waals surface area contributed by atoms with Crippen LogP contribution >= 0.6 is 0 Å². The van der Waals surface area contributed by atoms with Crippen LogP contribution in [0, 0.1) is 13.8 Å². The molecule has 100 valence electrons. The monoisotopic (exact) mass is 249 g/mol. The molecule has 1 aliphatic heterocycles. The molecule has 0 radical (unpaired) electrons. The van der Waals surface area contributed by atoms with Gasteiger partial charge in [-0.25, -0.2) is 0 Å². The molecule has 1 fully saturated rings. The Bertz CT molecular complexity index is 405. The smallest absolute Gasteiger partial charge is 0.119 e. The third kappa shape index (κ3) is 3.47. The van der Waals surface area contributed by atoms with Crippen molar-refractivity contribution >= 4 is 0 Å². The number of aryl methyl sites for hydroxylation is 2. The maximum atomic E-state index is 5.78.